The summed E-state index contributed by atoms with van der Waals surface area (Å²) in [7, 11) is 0. The van der Waals surface area contributed by atoms with Gasteiger partial charge in [0.1, 0.15) is 6.61 Å². The van der Waals surface area contributed by atoms with Gasteiger partial charge in [0.2, 0.25) is 0 Å². The molecule has 8 nitrogen and oxygen atoms in total. The molecule has 1 heterocycles. The molecule has 1 saturated carbocycles. The van der Waals surface area contributed by atoms with Crippen molar-refractivity contribution in [3.05, 3.63) is 59.7 Å². The van der Waals surface area contributed by atoms with E-state index in [0.29, 0.717) is 13.0 Å². The second-order valence-corrected chi connectivity index (χ2v) is 9.56. The number of nitrogens with one attached hydrogen (secondary N) is 2. The lowest BCUT2D eigenvalue weighted by Gasteiger charge is -2.24. The Hall–Kier alpha value is -3.39. The first-order valence-electron chi connectivity index (χ1n) is 12.3. The number of hydrogen-bond donors (Lipinski definition) is 3. The van der Waals surface area contributed by atoms with E-state index in [-0.39, 0.29) is 36.8 Å². The van der Waals surface area contributed by atoms with E-state index in [4.69, 9.17) is 14.6 Å². The van der Waals surface area contributed by atoms with Gasteiger partial charge in [0, 0.05) is 18.6 Å². The molecule has 4 unspecified atom stereocenters. The van der Waals surface area contributed by atoms with Gasteiger partial charge in [-0.05, 0) is 47.4 Å². The molecule has 184 valence electrons. The monoisotopic (exact) mass is 478 g/mol. The lowest BCUT2D eigenvalue weighted by Crippen LogP contribution is -2.51. The average molecular weight is 479 g/mol. The maximum atomic E-state index is 12.9. The van der Waals surface area contributed by atoms with Crippen molar-refractivity contribution in [3.8, 4) is 11.1 Å². The molecular weight excluding hydrogens is 448 g/mol. The third kappa shape index (κ3) is 4.89. The van der Waals surface area contributed by atoms with Gasteiger partial charge in [-0.25, -0.2) is 4.79 Å². The summed E-state index contributed by atoms with van der Waals surface area (Å²) in [4.78, 5) is 36.7. The Morgan fingerprint density at radius 3 is 2.29 bits per heavy atom. The maximum absolute atomic E-state index is 12.9. The molecule has 1 aliphatic heterocycles. The highest BCUT2D eigenvalue weighted by Gasteiger charge is 2.39. The first kappa shape index (κ1) is 23.4. The van der Waals surface area contributed by atoms with Crippen molar-refractivity contribution in [2.24, 2.45) is 5.92 Å². The summed E-state index contributed by atoms with van der Waals surface area (Å²) in [6.45, 7) is 0.554. The normalized spacial score (nSPS) is 25.0. The van der Waals surface area contributed by atoms with Crippen LogP contribution in [0, 0.1) is 5.92 Å². The number of aliphatic carboxylic acids is 1. The predicted molar refractivity (Wildman–Crippen MR) is 128 cm³/mol. The first-order valence-corrected chi connectivity index (χ1v) is 12.3. The largest absolute Gasteiger partial charge is 0.481 e. The zero-order valence-electron chi connectivity index (χ0n) is 19.4. The van der Waals surface area contributed by atoms with Crippen LogP contribution in [0.3, 0.4) is 0 Å². The minimum atomic E-state index is -0.858. The number of alkyl carbamates (subject to hydrolysis) is 1. The van der Waals surface area contributed by atoms with Crippen LogP contribution in [0.25, 0.3) is 11.1 Å². The van der Waals surface area contributed by atoms with E-state index < -0.39 is 24.2 Å². The van der Waals surface area contributed by atoms with Gasteiger partial charge in [-0.1, -0.05) is 55.0 Å². The Kier molecular flexibility index (Phi) is 6.72. The van der Waals surface area contributed by atoms with Crippen LogP contribution in [-0.4, -0.2) is 54.5 Å². The molecule has 3 N–H and O–H groups in total. The van der Waals surface area contributed by atoms with Gasteiger partial charge in [0.25, 0.3) is 5.91 Å². The summed E-state index contributed by atoms with van der Waals surface area (Å²) < 4.78 is 11.2. The summed E-state index contributed by atoms with van der Waals surface area (Å²) in [6.07, 6.45) is 1.57. The van der Waals surface area contributed by atoms with Crippen LogP contribution in [-0.2, 0) is 19.1 Å². The van der Waals surface area contributed by atoms with E-state index in [1.54, 1.807) is 0 Å². The minimum Gasteiger partial charge on any atom is -0.481 e. The van der Waals surface area contributed by atoms with Gasteiger partial charge in [-0.3, -0.25) is 9.59 Å². The summed E-state index contributed by atoms with van der Waals surface area (Å²) in [5.74, 6) is -1.29. The summed E-state index contributed by atoms with van der Waals surface area (Å²) in [6, 6.07) is 15.6. The van der Waals surface area contributed by atoms with Crippen molar-refractivity contribution in [1.82, 2.24) is 10.6 Å². The van der Waals surface area contributed by atoms with Gasteiger partial charge >= 0.3 is 12.1 Å². The van der Waals surface area contributed by atoms with E-state index in [2.05, 4.69) is 34.9 Å². The van der Waals surface area contributed by atoms with Gasteiger partial charge in [-0.2, -0.15) is 0 Å². The van der Waals surface area contributed by atoms with E-state index in [0.717, 1.165) is 41.5 Å². The zero-order valence-corrected chi connectivity index (χ0v) is 19.4. The van der Waals surface area contributed by atoms with Crippen molar-refractivity contribution in [3.63, 3.8) is 0 Å². The lowest BCUT2D eigenvalue weighted by atomic mass is 9.98. The van der Waals surface area contributed by atoms with Crippen LogP contribution in [0.5, 0.6) is 0 Å². The average Bonchev–Trinajstić information content (AvgIpc) is 3.56. The minimum absolute atomic E-state index is 0.0396. The fourth-order valence-corrected chi connectivity index (χ4v) is 5.75. The van der Waals surface area contributed by atoms with E-state index >= 15 is 0 Å². The SMILES string of the molecule is O=C(O)CC1CCCC1NC(=O)C1OCCC1NC(=O)OCC1c2ccccc2-c2ccccc21. The molecule has 3 aliphatic rings. The first-order chi connectivity index (χ1) is 17.0. The standard InChI is InChI=1S/C27H30N2O6/c30-24(31)14-16-6-5-11-22(16)28-26(32)25-23(12-13-34-25)29-27(33)35-15-21-19-9-3-1-7-17(19)18-8-2-4-10-20(18)21/h1-4,7-10,16,21-23,25H,5-6,11-15H2,(H,28,32)(H,29,33)(H,30,31). The smallest absolute Gasteiger partial charge is 0.407 e. The third-order valence-corrected chi connectivity index (χ3v) is 7.42. The molecular formula is C27H30N2O6. The third-order valence-electron chi connectivity index (χ3n) is 7.42. The second kappa shape index (κ2) is 10.1. The number of benzene rings is 2. The molecule has 4 atom stereocenters. The number of ether oxygens (including phenoxy) is 2. The van der Waals surface area contributed by atoms with Crippen LogP contribution < -0.4 is 10.6 Å². The molecule has 1 saturated heterocycles. The predicted octanol–water partition coefficient (Wildman–Crippen LogP) is 3.44. The van der Waals surface area contributed by atoms with Crippen LogP contribution in [0.2, 0.25) is 0 Å². The molecule has 2 amide bonds. The Balaban J connectivity index is 1.17. The number of rotatable bonds is 7. The number of amides is 2. The van der Waals surface area contributed by atoms with Gasteiger partial charge in [-0.15, -0.1) is 0 Å². The molecule has 2 aromatic carbocycles. The van der Waals surface area contributed by atoms with Crippen LogP contribution in [0.15, 0.2) is 48.5 Å². The van der Waals surface area contributed by atoms with Crippen molar-refractivity contribution in [2.75, 3.05) is 13.2 Å². The number of carbonyl (C=O) groups excluding carboxylic acids is 2. The molecule has 0 spiro atoms. The van der Waals surface area contributed by atoms with E-state index in [1.807, 2.05) is 24.3 Å². The molecule has 0 bridgehead atoms. The highest BCUT2D eigenvalue weighted by Crippen LogP contribution is 2.44. The molecule has 0 aromatic heterocycles. The quantitative estimate of drug-likeness (QED) is 0.562. The number of hydrogen-bond acceptors (Lipinski definition) is 5. The number of fused-ring (bicyclic) bond motifs is 3. The highest BCUT2D eigenvalue weighted by molar-refractivity contribution is 5.83. The van der Waals surface area contributed by atoms with Gasteiger partial charge < -0.3 is 25.2 Å². The molecule has 0 radical (unpaired) electrons. The molecule has 2 aliphatic carbocycles. The van der Waals surface area contributed by atoms with Gasteiger partial charge in [0.15, 0.2) is 6.10 Å². The Morgan fingerprint density at radius 1 is 0.914 bits per heavy atom. The molecule has 35 heavy (non-hydrogen) atoms. The Labute approximate surface area is 204 Å². The van der Waals surface area contributed by atoms with Crippen LogP contribution in [0.4, 0.5) is 4.79 Å². The van der Waals surface area contributed by atoms with Gasteiger partial charge in [0.05, 0.1) is 12.5 Å². The Bertz CT molecular complexity index is 1070. The van der Waals surface area contributed by atoms with Crippen molar-refractivity contribution in [1.29, 1.82) is 0 Å². The topological polar surface area (TPSA) is 114 Å². The number of carbonyl (C=O) groups is 3. The van der Waals surface area contributed by atoms with Crippen molar-refractivity contribution in [2.45, 2.75) is 56.2 Å². The van der Waals surface area contributed by atoms with Crippen molar-refractivity contribution < 1.29 is 29.0 Å². The Morgan fingerprint density at radius 2 is 1.60 bits per heavy atom. The maximum Gasteiger partial charge on any atom is 0.407 e. The fourth-order valence-electron chi connectivity index (χ4n) is 5.75. The molecule has 5 rings (SSSR count). The summed E-state index contributed by atoms with van der Waals surface area (Å²) >= 11 is 0. The zero-order chi connectivity index (χ0) is 24.4. The number of carboxylic acids is 1. The summed E-state index contributed by atoms with van der Waals surface area (Å²) in [5.41, 5.74) is 4.59. The number of carboxylic acid groups (broad SMARTS) is 1. The van der Waals surface area contributed by atoms with Crippen LogP contribution in [0.1, 0.15) is 49.1 Å². The molecule has 8 heteroatoms. The fraction of sp³-hybridized carbons (Fsp3) is 0.444. The second-order valence-electron chi connectivity index (χ2n) is 9.56. The van der Waals surface area contributed by atoms with Crippen LogP contribution >= 0.6 is 0 Å². The van der Waals surface area contributed by atoms with E-state index in [1.165, 1.54) is 0 Å². The highest BCUT2D eigenvalue weighted by atomic mass is 16.6. The molecule has 2 fully saturated rings. The van der Waals surface area contributed by atoms with Crippen molar-refractivity contribution >= 4 is 18.0 Å². The summed E-state index contributed by atoms with van der Waals surface area (Å²) in [5, 5.41) is 14.9. The molecule has 2 aromatic rings. The van der Waals surface area contributed by atoms with E-state index in [9.17, 15) is 14.4 Å². The lowest BCUT2D eigenvalue weighted by molar-refractivity contribution is -0.139.